The highest BCUT2D eigenvalue weighted by Gasteiger charge is 2.29. The minimum Gasteiger partial charge on any atom is -0.426 e. The SMILES string of the molecule is O=C(NCCc1ccc(C(F)(F)F)cc1)c1cc(=O)[nH]c(Oc2ccccc2)n1. The fourth-order valence-electron chi connectivity index (χ4n) is 2.47. The van der Waals surface area contributed by atoms with Gasteiger partial charge < -0.3 is 10.1 Å². The topological polar surface area (TPSA) is 84.1 Å². The van der Waals surface area contributed by atoms with Crippen molar-refractivity contribution in [2.24, 2.45) is 0 Å². The van der Waals surface area contributed by atoms with Crippen molar-refractivity contribution in [2.75, 3.05) is 6.54 Å². The van der Waals surface area contributed by atoms with Gasteiger partial charge in [0.1, 0.15) is 11.4 Å². The second kappa shape index (κ2) is 8.59. The van der Waals surface area contributed by atoms with Crippen molar-refractivity contribution < 1.29 is 22.7 Å². The molecule has 2 aromatic carbocycles. The Balaban J connectivity index is 1.60. The molecule has 2 N–H and O–H groups in total. The van der Waals surface area contributed by atoms with Crippen LogP contribution in [0.15, 0.2) is 65.5 Å². The van der Waals surface area contributed by atoms with E-state index < -0.39 is 23.2 Å². The van der Waals surface area contributed by atoms with Crippen LogP contribution in [0.25, 0.3) is 0 Å². The molecule has 1 amide bonds. The average molecular weight is 403 g/mol. The standard InChI is InChI=1S/C20H16F3N3O3/c21-20(22,23)14-8-6-13(7-9-14)10-11-24-18(28)16-12-17(27)26-19(25-16)29-15-4-2-1-3-5-15/h1-9,12H,10-11H2,(H,24,28)(H,25,26,27). The number of H-pyrrole nitrogens is 1. The Morgan fingerprint density at radius 3 is 2.41 bits per heavy atom. The molecule has 0 saturated carbocycles. The number of carbonyl (C=O) groups is 1. The van der Waals surface area contributed by atoms with Crippen LogP contribution in [0, 0.1) is 0 Å². The molecule has 0 unspecified atom stereocenters. The Hall–Kier alpha value is -3.62. The summed E-state index contributed by atoms with van der Waals surface area (Å²) in [5.41, 5.74) is -0.792. The Kier molecular flexibility index (Phi) is 5.96. The van der Waals surface area contributed by atoms with E-state index in [0.29, 0.717) is 17.7 Å². The molecule has 0 aliphatic rings. The van der Waals surface area contributed by atoms with Crippen molar-refractivity contribution >= 4 is 5.91 Å². The lowest BCUT2D eigenvalue weighted by Crippen LogP contribution is -2.28. The van der Waals surface area contributed by atoms with Crippen LogP contribution in [0.2, 0.25) is 0 Å². The number of ether oxygens (including phenoxy) is 1. The third kappa shape index (κ3) is 5.68. The number of nitrogens with zero attached hydrogens (tertiary/aromatic N) is 1. The van der Waals surface area contributed by atoms with Gasteiger partial charge in [-0.3, -0.25) is 14.6 Å². The number of rotatable bonds is 6. The molecule has 6 nitrogen and oxygen atoms in total. The maximum atomic E-state index is 12.6. The van der Waals surface area contributed by atoms with E-state index in [4.69, 9.17) is 4.74 Å². The average Bonchev–Trinajstić information content (AvgIpc) is 2.68. The lowest BCUT2D eigenvalue weighted by Gasteiger charge is -2.09. The van der Waals surface area contributed by atoms with Crippen molar-refractivity contribution in [3.8, 4) is 11.8 Å². The van der Waals surface area contributed by atoms with Gasteiger partial charge in [-0.05, 0) is 36.2 Å². The number of amides is 1. The minimum atomic E-state index is -4.39. The number of carbonyl (C=O) groups excluding carboxylic acids is 1. The highest BCUT2D eigenvalue weighted by atomic mass is 19.4. The number of para-hydroxylation sites is 1. The van der Waals surface area contributed by atoms with Crippen molar-refractivity contribution in [1.29, 1.82) is 0 Å². The molecule has 0 aliphatic heterocycles. The first kappa shape index (κ1) is 20.1. The third-order valence-electron chi connectivity index (χ3n) is 3.89. The van der Waals surface area contributed by atoms with E-state index in [2.05, 4.69) is 15.3 Å². The summed E-state index contributed by atoms with van der Waals surface area (Å²) in [6.07, 6.45) is -4.07. The normalized spacial score (nSPS) is 11.1. The molecular weight excluding hydrogens is 387 g/mol. The van der Waals surface area contributed by atoms with Crippen LogP contribution in [-0.4, -0.2) is 22.4 Å². The van der Waals surface area contributed by atoms with Crippen molar-refractivity contribution in [3.63, 3.8) is 0 Å². The Labute approximate surface area is 163 Å². The molecular formula is C20H16F3N3O3. The van der Waals surface area contributed by atoms with Gasteiger partial charge in [-0.15, -0.1) is 0 Å². The van der Waals surface area contributed by atoms with Crippen LogP contribution < -0.4 is 15.6 Å². The molecule has 0 fully saturated rings. The number of nitrogens with one attached hydrogen (secondary N) is 2. The van der Waals surface area contributed by atoms with E-state index >= 15 is 0 Å². The second-order valence-electron chi connectivity index (χ2n) is 6.05. The number of benzene rings is 2. The summed E-state index contributed by atoms with van der Waals surface area (Å²) >= 11 is 0. The van der Waals surface area contributed by atoms with E-state index in [1.807, 2.05) is 0 Å². The number of halogens is 3. The van der Waals surface area contributed by atoms with Gasteiger partial charge >= 0.3 is 12.2 Å². The van der Waals surface area contributed by atoms with Crippen molar-refractivity contribution in [2.45, 2.75) is 12.6 Å². The summed E-state index contributed by atoms with van der Waals surface area (Å²) in [5.74, 6) is -0.156. The Morgan fingerprint density at radius 2 is 1.76 bits per heavy atom. The van der Waals surface area contributed by atoms with Gasteiger partial charge in [0.05, 0.1) is 5.56 Å². The molecule has 0 spiro atoms. The molecule has 1 aromatic heterocycles. The quantitative estimate of drug-likeness (QED) is 0.659. The fraction of sp³-hybridized carbons (Fsp3) is 0.150. The zero-order chi connectivity index (χ0) is 20.9. The van der Waals surface area contributed by atoms with Gasteiger partial charge in [-0.2, -0.15) is 18.2 Å². The number of aromatic nitrogens is 2. The largest absolute Gasteiger partial charge is 0.426 e. The maximum Gasteiger partial charge on any atom is 0.416 e. The van der Waals surface area contributed by atoms with E-state index in [0.717, 1.165) is 18.2 Å². The minimum absolute atomic E-state index is 0.128. The number of hydrogen-bond acceptors (Lipinski definition) is 4. The van der Waals surface area contributed by atoms with Gasteiger partial charge in [-0.1, -0.05) is 30.3 Å². The molecule has 3 aromatic rings. The van der Waals surface area contributed by atoms with Crippen LogP contribution in [0.5, 0.6) is 11.8 Å². The second-order valence-corrected chi connectivity index (χ2v) is 6.05. The summed E-state index contributed by atoms with van der Waals surface area (Å²) in [6.45, 7) is 0.160. The molecule has 3 rings (SSSR count). The number of hydrogen-bond donors (Lipinski definition) is 2. The first-order valence-electron chi connectivity index (χ1n) is 8.60. The first-order valence-corrected chi connectivity index (χ1v) is 8.60. The molecule has 150 valence electrons. The monoisotopic (exact) mass is 403 g/mol. The molecule has 0 aliphatic carbocycles. The lowest BCUT2D eigenvalue weighted by atomic mass is 10.1. The summed E-state index contributed by atoms with van der Waals surface area (Å²) in [4.78, 5) is 30.4. The lowest BCUT2D eigenvalue weighted by molar-refractivity contribution is -0.137. The van der Waals surface area contributed by atoms with Crippen LogP contribution in [0.1, 0.15) is 21.6 Å². The van der Waals surface area contributed by atoms with Crippen molar-refractivity contribution in [3.05, 3.63) is 87.8 Å². The van der Waals surface area contributed by atoms with Crippen LogP contribution in [0.3, 0.4) is 0 Å². The number of aromatic amines is 1. The Morgan fingerprint density at radius 1 is 1.07 bits per heavy atom. The molecule has 0 bridgehead atoms. The van der Waals surface area contributed by atoms with Gasteiger partial charge in [-0.25, -0.2) is 0 Å². The smallest absolute Gasteiger partial charge is 0.416 e. The fourth-order valence-corrected chi connectivity index (χ4v) is 2.47. The zero-order valence-electron chi connectivity index (χ0n) is 15.0. The predicted octanol–water partition coefficient (Wildman–Crippen LogP) is 3.55. The number of alkyl halides is 3. The van der Waals surface area contributed by atoms with Crippen LogP contribution in [-0.2, 0) is 12.6 Å². The molecule has 0 radical (unpaired) electrons. The first-order chi connectivity index (χ1) is 13.8. The van der Waals surface area contributed by atoms with Gasteiger partial charge in [0.15, 0.2) is 0 Å². The highest BCUT2D eigenvalue weighted by molar-refractivity contribution is 5.92. The van der Waals surface area contributed by atoms with E-state index in [-0.39, 0.29) is 18.2 Å². The summed E-state index contributed by atoms with van der Waals surface area (Å²) < 4.78 is 43.1. The molecule has 9 heteroatoms. The van der Waals surface area contributed by atoms with Gasteiger partial charge in [0.2, 0.25) is 0 Å². The van der Waals surface area contributed by atoms with E-state index in [9.17, 15) is 22.8 Å². The molecule has 0 saturated heterocycles. The van der Waals surface area contributed by atoms with Crippen LogP contribution >= 0.6 is 0 Å². The van der Waals surface area contributed by atoms with E-state index in [1.165, 1.54) is 12.1 Å². The summed E-state index contributed by atoms with van der Waals surface area (Å²) in [6, 6.07) is 14.2. The van der Waals surface area contributed by atoms with Gasteiger partial charge in [0.25, 0.3) is 11.5 Å². The molecule has 1 heterocycles. The zero-order valence-corrected chi connectivity index (χ0v) is 15.0. The third-order valence-corrected chi connectivity index (χ3v) is 3.89. The predicted molar refractivity (Wildman–Crippen MR) is 98.9 cm³/mol. The van der Waals surface area contributed by atoms with E-state index in [1.54, 1.807) is 30.3 Å². The summed E-state index contributed by atoms with van der Waals surface area (Å²) in [7, 11) is 0. The van der Waals surface area contributed by atoms with Gasteiger partial charge in [0, 0.05) is 12.6 Å². The highest BCUT2D eigenvalue weighted by Crippen LogP contribution is 2.29. The molecule has 29 heavy (non-hydrogen) atoms. The summed E-state index contributed by atoms with van der Waals surface area (Å²) in [5, 5.41) is 2.58. The maximum absolute atomic E-state index is 12.6. The van der Waals surface area contributed by atoms with Crippen LogP contribution in [0.4, 0.5) is 13.2 Å². The Bertz CT molecular complexity index is 1030. The molecule has 0 atom stereocenters. The van der Waals surface area contributed by atoms with Crippen molar-refractivity contribution in [1.82, 2.24) is 15.3 Å².